The Morgan fingerprint density at radius 3 is 2.45 bits per heavy atom. The topological polar surface area (TPSA) is 108 Å². The normalized spacial score (nSPS) is 11.8. The van der Waals surface area contributed by atoms with Crippen LogP contribution in [0.15, 0.2) is 64.9 Å². The average molecular weight is 522 g/mol. The van der Waals surface area contributed by atoms with Crippen LogP contribution >= 0.6 is 46.3 Å². The van der Waals surface area contributed by atoms with E-state index in [0.29, 0.717) is 26.6 Å². The third kappa shape index (κ3) is 7.33. The van der Waals surface area contributed by atoms with Gasteiger partial charge in [0.25, 0.3) is 0 Å². The first-order valence-corrected chi connectivity index (χ1v) is 11.9. The maximum atomic E-state index is 12.6. The molecule has 0 saturated heterocycles. The monoisotopic (exact) mass is 521 g/mol. The minimum Gasteiger partial charge on any atom is -0.478 e. The molecule has 1 unspecified atom stereocenters. The van der Waals surface area contributed by atoms with E-state index in [-0.39, 0.29) is 5.91 Å². The van der Waals surface area contributed by atoms with Crippen LogP contribution in [0, 0.1) is 0 Å². The summed E-state index contributed by atoms with van der Waals surface area (Å²) in [5.41, 5.74) is 1.99. The number of anilines is 2. The highest BCUT2D eigenvalue weighted by molar-refractivity contribution is 8.00. The van der Waals surface area contributed by atoms with E-state index < -0.39 is 17.1 Å². The van der Waals surface area contributed by atoms with Crippen LogP contribution in [0.3, 0.4) is 0 Å². The molecule has 0 saturated carbocycles. The Hall–Kier alpha value is -2.85. The van der Waals surface area contributed by atoms with E-state index >= 15 is 0 Å². The molecule has 0 fully saturated rings. The third-order valence-corrected chi connectivity index (χ3v) is 6.74. The standard InChI is InChI=1S/C22H17Cl2N3O4S2/c1-12(33-15-5-3-14(4-6-15)25-19(28)8-9-20(29)30)21(31)27-22-26-18(11-32-22)13-2-7-16(23)17(24)10-13/h2-12H,1H3,(H,25,28)(H,29,30)(H,26,27,31)/b9-8+. The van der Waals surface area contributed by atoms with Crippen molar-refractivity contribution < 1.29 is 19.5 Å². The molecule has 0 aliphatic carbocycles. The lowest BCUT2D eigenvalue weighted by molar-refractivity contribution is -0.131. The van der Waals surface area contributed by atoms with Crippen molar-refractivity contribution in [2.24, 2.45) is 0 Å². The van der Waals surface area contributed by atoms with E-state index in [9.17, 15) is 14.4 Å². The Bertz CT molecular complexity index is 1210. The maximum Gasteiger partial charge on any atom is 0.328 e. The first kappa shape index (κ1) is 24.8. The molecule has 1 atom stereocenters. The van der Waals surface area contributed by atoms with Crippen LogP contribution in [-0.2, 0) is 14.4 Å². The van der Waals surface area contributed by atoms with Crippen molar-refractivity contribution >= 4 is 74.9 Å². The Labute approximate surface area is 207 Å². The van der Waals surface area contributed by atoms with E-state index in [1.807, 2.05) is 11.4 Å². The number of hydrogen-bond donors (Lipinski definition) is 3. The van der Waals surface area contributed by atoms with E-state index in [0.717, 1.165) is 22.6 Å². The molecule has 0 radical (unpaired) electrons. The summed E-state index contributed by atoms with van der Waals surface area (Å²) >= 11 is 14.7. The van der Waals surface area contributed by atoms with E-state index in [1.54, 1.807) is 43.3 Å². The van der Waals surface area contributed by atoms with Gasteiger partial charge in [-0.25, -0.2) is 9.78 Å². The summed E-state index contributed by atoms with van der Waals surface area (Å²) < 4.78 is 0. The van der Waals surface area contributed by atoms with Crippen LogP contribution in [0.5, 0.6) is 0 Å². The smallest absolute Gasteiger partial charge is 0.328 e. The summed E-state index contributed by atoms with van der Waals surface area (Å²) in [5.74, 6) is -1.95. The van der Waals surface area contributed by atoms with E-state index in [1.165, 1.54) is 23.1 Å². The highest BCUT2D eigenvalue weighted by atomic mass is 35.5. The zero-order valence-corrected chi connectivity index (χ0v) is 20.2. The van der Waals surface area contributed by atoms with Crippen molar-refractivity contribution in [3.63, 3.8) is 0 Å². The first-order valence-electron chi connectivity index (χ1n) is 9.42. The second-order valence-corrected chi connectivity index (χ2v) is 9.69. The van der Waals surface area contributed by atoms with E-state index in [2.05, 4.69) is 15.6 Å². The van der Waals surface area contributed by atoms with Crippen LogP contribution in [0.1, 0.15) is 6.92 Å². The number of amides is 2. The van der Waals surface area contributed by atoms with E-state index in [4.69, 9.17) is 28.3 Å². The summed E-state index contributed by atoms with van der Waals surface area (Å²) in [7, 11) is 0. The van der Waals surface area contributed by atoms with Crippen LogP contribution < -0.4 is 10.6 Å². The second kappa shape index (κ2) is 11.3. The molecule has 0 aliphatic rings. The number of thiazole rings is 1. The number of carboxylic acid groups (broad SMARTS) is 1. The minimum absolute atomic E-state index is 0.203. The molecule has 1 heterocycles. The quantitative estimate of drug-likeness (QED) is 0.254. The van der Waals surface area contributed by atoms with Crippen molar-refractivity contribution in [2.45, 2.75) is 17.1 Å². The van der Waals surface area contributed by atoms with Gasteiger partial charge in [-0.1, -0.05) is 29.3 Å². The van der Waals surface area contributed by atoms with Crippen LogP contribution in [-0.4, -0.2) is 33.1 Å². The fraction of sp³-hybridized carbons (Fsp3) is 0.0909. The summed E-state index contributed by atoms with van der Waals surface area (Å²) in [4.78, 5) is 39.9. The summed E-state index contributed by atoms with van der Waals surface area (Å²) in [5, 5.41) is 16.7. The number of aromatic nitrogens is 1. The molecule has 0 aliphatic heterocycles. The number of aliphatic carboxylic acids is 1. The minimum atomic E-state index is -1.20. The van der Waals surface area contributed by atoms with Gasteiger partial charge in [-0.15, -0.1) is 23.1 Å². The van der Waals surface area contributed by atoms with Gasteiger partial charge in [-0.3, -0.25) is 9.59 Å². The van der Waals surface area contributed by atoms with Gasteiger partial charge < -0.3 is 15.7 Å². The van der Waals surface area contributed by atoms with Gasteiger partial charge in [0.2, 0.25) is 11.8 Å². The van der Waals surface area contributed by atoms with Gasteiger partial charge in [0.1, 0.15) is 0 Å². The molecule has 11 heteroatoms. The molecule has 7 nitrogen and oxygen atoms in total. The molecular weight excluding hydrogens is 505 g/mol. The first-order chi connectivity index (χ1) is 15.7. The van der Waals surface area contributed by atoms with Gasteiger partial charge in [-0.2, -0.15) is 0 Å². The lowest BCUT2D eigenvalue weighted by atomic mass is 10.2. The molecule has 0 bridgehead atoms. The molecule has 2 aromatic carbocycles. The zero-order valence-electron chi connectivity index (χ0n) is 17.0. The van der Waals surface area contributed by atoms with Crippen molar-refractivity contribution in [3.05, 3.63) is 70.0 Å². The number of hydrogen-bond acceptors (Lipinski definition) is 6. The number of nitrogens with zero attached hydrogens (tertiary/aromatic N) is 1. The van der Waals surface area contributed by atoms with Gasteiger partial charge in [-0.05, 0) is 43.3 Å². The number of rotatable bonds is 8. The molecule has 3 N–H and O–H groups in total. The number of benzene rings is 2. The number of carbonyl (C=O) groups is 3. The fourth-order valence-electron chi connectivity index (χ4n) is 2.53. The molecule has 1 aromatic heterocycles. The summed E-state index contributed by atoms with van der Waals surface area (Å²) in [6, 6.07) is 12.1. The van der Waals surface area contributed by atoms with Crippen molar-refractivity contribution in [1.82, 2.24) is 4.98 Å². The van der Waals surface area contributed by atoms with Crippen LogP contribution in [0.25, 0.3) is 11.3 Å². The van der Waals surface area contributed by atoms with Gasteiger partial charge in [0, 0.05) is 33.7 Å². The summed E-state index contributed by atoms with van der Waals surface area (Å²) in [6.07, 6.45) is 1.69. The molecule has 3 aromatic rings. The lowest BCUT2D eigenvalue weighted by Gasteiger charge is -2.11. The van der Waals surface area contributed by atoms with Crippen LogP contribution in [0.4, 0.5) is 10.8 Å². The fourth-order valence-corrected chi connectivity index (χ4v) is 4.42. The number of nitrogens with one attached hydrogen (secondary N) is 2. The van der Waals surface area contributed by atoms with Crippen molar-refractivity contribution in [3.8, 4) is 11.3 Å². The van der Waals surface area contributed by atoms with Gasteiger partial charge >= 0.3 is 5.97 Å². The van der Waals surface area contributed by atoms with Crippen molar-refractivity contribution in [2.75, 3.05) is 10.6 Å². The Morgan fingerprint density at radius 1 is 1.06 bits per heavy atom. The molecule has 170 valence electrons. The zero-order chi connectivity index (χ0) is 24.0. The molecule has 3 rings (SSSR count). The number of carboxylic acids is 1. The Kier molecular flexibility index (Phi) is 8.51. The highest BCUT2D eigenvalue weighted by Crippen LogP contribution is 2.31. The predicted molar refractivity (Wildman–Crippen MR) is 133 cm³/mol. The predicted octanol–water partition coefficient (Wildman–Crippen LogP) is 5.82. The number of thioether (sulfide) groups is 1. The maximum absolute atomic E-state index is 12.6. The average Bonchev–Trinajstić information content (AvgIpc) is 3.24. The van der Waals surface area contributed by atoms with Gasteiger partial charge in [0.15, 0.2) is 5.13 Å². The second-order valence-electron chi connectivity index (χ2n) is 6.60. The van der Waals surface area contributed by atoms with Crippen molar-refractivity contribution in [1.29, 1.82) is 0 Å². The van der Waals surface area contributed by atoms with Gasteiger partial charge in [0.05, 0.1) is 21.0 Å². The number of carbonyl (C=O) groups excluding carboxylic acids is 2. The van der Waals surface area contributed by atoms with Crippen LogP contribution in [0.2, 0.25) is 10.0 Å². The molecule has 0 spiro atoms. The summed E-state index contributed by atoms with van der Waals surface area (Å²) in [6.45, 7) is 1.78. The molecule has 2 amide bonds. The number of halogens is 2. The Morgan fingerprint density at radius 2 is 1.79 bits per heavy atom. The Balaban J connectivity index is 1.55. The largest absolute Gasteiger partial charge is 0.478 e. The molecular formula is C22H17Cl2N3O4S2. The SMILES string of the molecule is CC(Sc1ccc(NC(=O)/C=C/C(=O)O)cc1)C(=O)Nc1nc(-c2ccc(Cl)c(Cl)c2)cs1. The molecule has 33 heavy (non-hydrogen) atoms. The third-order valence-electron chi connectivity index (χ3n) is 4.13. The lowest BCUT2D eigenvalue weighted by Crippen LogP contribution is -2.22. The highest BCUT2D eigenvalue weighted by Gasteiger charge is 2.17.